The Morgan fingerprint density at radius 2 is 2.00 bits per heavy atom. The third-order valence-corrected chi connectivity index (χ3v) is 3.84. The highest BCUT2D eigenvalue weighted by Gasteiger charge is 2.03. The van der Waals surface area contributed by atoms with E-state index in [1.165, 1.54) is 17.5 Å². The third kappa shape index (κ3) is 2.66. The third-order valence-electron chi connectivity index (χ3n) is 2.48. The molecule has 0 N–H and O–H groups in total. The van der Waals surface area contributed by atoms with Crippen molar-refractivity contribution in [1.29, 1.82) is 0 Å². The Hall–Kier alpha value is -0.800. The molecule has 84 valence electrons. The highest BCUT2D eigenvalue weighted by atomic mass is 32.1. The van der Waals surface area contributed by atoms with Crippen LogP contribution in [0.5, 0.6) is 0 Å². The van der Waals surface area contributed by atoms with Gasteiger partial charge in [0.1, 0.15) is 5.01 Å². The van der Waals surface area contributed by atoms with Crippen LogP contribution in [0.1, 0.15) is 23.9 Å². The van der Waals surface area contributed by atoms with E-state index in [1.807, 2.05) is 0 Å². The van der Waals surface area contributed by atoms with E-state index in [2.05, 4.69) is 54.2 Å². The van der Waals surface area contributed by atoms with Gasteiger partial charge >= 0.3 is 0 Å². The fraction of sp³-hybridized carbons (Fsp3) is 0.308. The summed E-state index contributed by atoms with van der Waals surface area (Å²) in [6, 6.07) is 8.70. The SMILES string of the molecule is CCCc1ccc(-c2csc(CS)n2)cc1. The van der Waals surface area contributed by atoms with Crippen LogP contribution in [0.15, 0.2) is 29.6 Å². The fourth-order valence-electron chi connectivity index (χ4n) is 1.65. The van der Waals surface area contributed by atoms with Gasteiger partial charge in [-0.3, -0.25) is 0 Å². The highest BCUT2D eigenvalue weighted by molar-refractivity contribution is 7.79. The van der Waals surface area contributed by atoms with Gasteiger partial charge in [-0.1, -0.05) is 37.6 Å². The first-order chi connectivity index (χ1) is 7.83. The molecule has 3 heteroatoms. The van der Waals surface area contributed by atoms with E-state index in [9.17, 15) is 0 Å². The van der Waals surface area contributed by atoms with E-state index in [-0.39, 0.29) is 0 Å². The van der Waals surface area contributed by atoms with E-state index >= 15 is 0 Å². The van der Waals surface area contributed by atoms with Crippen molar-refractivity contribution in [3.05, 3.63) is 40.2 Å². The van der Waals surface area contributed by atoms with Gasteiger partial charge in [0.2, 0.25) is 0 Å². The van der Waals surface area contributed by atoms with Crippen molar-refractivity contribution in [2.75, 3.05) is 0 Å². The zero-order chi connectivity index (χ0) is 11.4. The number of rotatable bonds is 4. The molecule has 1 heterocycles. The lowest BCUT2D eigenvalue weighted by Crippen LogP contribution is -1.84. The van der Waals surface area contributed by atoms with Crippen LogP contribution in [0.2, 0.25) is 0 Å². The van der Waals surface area contributed by atoms with Crippen LogP contribution >= 0.6 is 24.0 Å². The van der Waals surface area contributed by atoms with Gasteiger partial charge in [0.05, 0.1) is 5.69 Å². The topological polar surface area (TPSA) is 12.9 Å². The van der Waals surface area contributed by atoms with Gasteiger partial charge in [0, 0.05) is 16.7 Å². The first kappa shape index (κ1) is 11.7. The summed E-state index contributed by atoms with van der Waals surface area (Å²) in [6.07, 6.45) is 2.35. The van der Waals surface area contributed by atoms with Crippen molar-refractivity contribution in [1.82, 2.24) is 4.98 Å². The smallest absolute Gasteiger partial charge is 0.103 e. The highest BCUT2D eigenvalue weighted by Crippen LogP contribution is 2.23. The van der Waals surface area contributed by atoms with Crippen LogP contribution in [-0.4, -0.2) is 4.98 Å². The van der Waals surface area contributed by atoms with E-state index in [1.54, 1.807) is 11.3 Å². The first-order valence-corrected chi connectivity index (χ1v) is 6.99. The lowest BCUT2D eigenvalue weighted by molar-refractivity contribution is 0.922. The number of hydrogen-bond acceptors (Lipinski definition) is 3. The summed E-state index contributed by atoms with van der Waals surface area (Å²) < 4.78 is 0. The van der Waals surface area contributed by atoms with Gasteiger partial charge in [-0.2, -0.15) is 12.6 Å². The van der Waals surface area contributed by atoms with Crippen molar-refractivity contribution in [3.63, 3.8) is 0 Å². The summed E-state index contributed by atoms with van der Waals surface area (Å²) in [5.41, 5.74) is 3.66. The molecule has 1 aromatic heterocycles. The summed E-state index contributed by atoms with van der Waals surface area (Å²) in [4.78, 5) is 4.52. The number of benzene rings is 1. The first-order valence-electron chi connectivity index (χ1n) is 5.48. The molecular formula is C13H15NS2. The molecule has 0 spiro atoms. The molecule has 0 bridgehead atoms. The van der Waals surface area contributed by atoms with Gasteiger partial charge in [-0.15, -0.1) is 11.3 Å². The Morgan fingerprint density at radius 3 is 2.56 bits per heavy atom. The number of hydrogen-bond donors (Lipinski definition) is 1. The quantitative estimate of drug-likeness (QED) is 0.802. The maximum absolute atomic E-state index is 4.52. The standard InChI is InChI=1S/C13H15NS2/c1-2-3-10-4-6-11(7-5-10)12-9-16-13(8-15)14-12/h4-7,9,15H,2-3,8H2,1H3. The van der Waals surface area contributed by atoms with Crippen molar-refractivity contribution in [2.45, 2.75) is 25.5 Å². The number of aromatic nitrogens is 1. The average molecular weight is 249 g/mol. The largest absolute Gasteiger partial charge is 0.240 e. The van der Waals surface area contributed by atoms with E-state index in [0.29, 0.717) is 0 Å². The molecule has 1 nitrogen and oxygen atoms in total. The van der Waals surface area contributed by atoms with Gasteiger partial charge in [-0.25, -0.2) is 4.98 Å². The van der Waals surface area contributed by atoms with E-state index in [0.717, 1.165) is 22.9 Å². The summed E-state index contributed by atoms with van der Waals surface area (Å²) in [7, 11) is 0. The maximum Gasteiger partial charge on any atom is 0.103 e. The lowest BCUT2D eigenvalue weighted by Gasteiger charge is -2.00. The van der Waals surface area contributed by atoms with Gasteiger partial charge in [0.25, 0.3) is 0 Å². The van der Waals surface area contributed by atoms with Crippen molar-refractivity contribution in [3.8, 4) is 11.3 Å². The molecule has 0 unspecified atom stereocenters. The van der Waals surface area contributed by atoms with Crippen molar-refractivity contribution < 1.29 is 0 Å². The molecular weight excluding hydrogens is 234 g/mol. The van der Waals surface area contributed by atoms with Gasteiger partial charge in [-0.05, 0) is 12.0 Å². The number of aryl methyl sites for hydroxylation is 1. The lowest BCUT2D eigenvalue weighted by atomic mass is 10.1. The molecule has 0 aliphatic heterocycles. The predicted molar refractivity (Wildman–Crippen MR) is 74.2 cm³/mol. The van der Waals surface area contributed by atoms with Gasteiger partial charge in [0.15, 0.2) is 0 Å². The van der Waals surface area contributed by atoms with Crippen LogP contribution in [0.25, 0.3) is 11.3 Å². The van der Waals surface area contributed by atoms with Gasteiger partial charge < -0.3 is 0 Å². The Labute approximate surface area is 106 Å². The second-order valence-electron chi connectivity index (χ2n) is 3.73. The molecule has 0 atom stereocenters. The molecule has 0 saturated carbocycles. The minimum absolute atomic E-state index is 0.721. The van der Waals surface area contributed by atoms with Crippen molar-refractivity contribution in [2.24, 2.45) is 0 Å². The second-order valence-corrected chi connectivity index (χ2v) is 4.99. The minimum atomic E-state index is 0.721. The molecule has 2 rings (SSSR count). The van der Waals surface area contributed by atoms with Crippen molar-refractivity contribution >= 4 is 24.0 Å². The minimum Gasteiger partial charge on any atom is -0.240 e. The second kappa shape index (κ2) is 5.51. The average Bonchev–Trinajstić information content (AvgIpc) is 2.79. The maximum atomic E-state index is 4.52. The molecule has 0 aliphatic carbocycles. The Bertz CT molecular complexity index is 445. The molecule has 1 aromatic carbocycles. The fourth-order valence-corrected chi connectivity index (χ4v) is 2.60. The zero-order valence-electron chi connectivity index (χ0n) is 9.31. The van der Waals surface area contributed by atoms with Crippen LogP contribution in [0.4, 0.5) is 0 Å². The molecule has 2 aromatic rings. The molecule has 0 fully saturated rings. The molecule has 0 radical (unpaired) electrons. The summed E-state index contributed by atoms with van der Waals surface area (Å²) in [6.45, 7) is 2.20. The summed E-state index contributed by atoms with van der Waals surface area (Å²) in [5.74, 6) is 0.721. The monoisotopic (exact) mass is 249 g/mol. The van der Waals surface area contributed by atoms with Crippen LogP contribution in [0, 0.1) is 0 Å². The van der Waals surface area contributed by atoms with Crippen LogP contribution in [-0.2, 0) is 12.2 Å². The number of thiazole rings is 1. The van der Waals surface area contributed by atoms with Crippen LogP contribution < -0.4 is 0 Å². The Kier molecular flexibility index (Phi) is 4.02. The number of nitrogens with zero attached hydrogens (tertiary/aromatic N) is 1. The number of thiol groups is 1. The summed E-state index contributed by atoms with van der Waals surface area (Å²) >= 11 is 5.90. The molecule has 16 heavy (non-hydrogen) atoms. The summed E-state index contributed by atoms with van der Waals surface area (Å²) in [5, 5.41) is 3.18. The van der Waals surface area contributed by atoms with Crippen LogP contribution in [0.3, 0.4) is 0 Å². The zero-order valence-corrected chi connectivity index (χ0v) is 11.0. The normalized spacial score (nSPS) is 10.6. The molecule has 0 amide bonds. The molecule has 0 aliphatic rings. The van der Waals surface area contributed by atoms with E-state index in [4.69, 9.17) is 0 Å². The molecule has 0 saturated heterocycles. The predicted octanol–water partition coefficient (Wildman–Crippen LogP) is 4.19. The Morgan fingerprint density at radius 1 is 1.25 bits per heavy atom. The van der Waals surface area contributed by atoms with E-state index < -0.39 is 0 Å². The Balaban J connectivity index is 2.20.